The average Bonchev–Trinajstić information content (AvgIpc) is 2.79. The molecular weight excluding hydrogens is 240 g/mol. The summed E-state index contributed by atoms with van der Waals surface area (Å²) in [5, 5.41) is 0.680. The van der Waals surface area contributed by atoms with Crippen LogP contribution in [0.5, 0.6) is 0 Å². The Balaban J connectivity index is 2.06. The molecule has 0 aliphatic heterocycles. The van der Waals surface area contributed by atoms with Crippen molar-refractivity contribution in [3.63, 3.8) is 0 Å². The van der Waals surface area contributed by atoms with E-state index in [1.165, 1.54) is 47.3 Å². The fourth-order valence-electron chi connectivity index (χ4n) is 2.72. The second kappa shape index (κ2) is 4.73. The monoisotopic (exact) mass is 258 g/mol. The Hall–Kier alpha value is -1.35. The molecule has 1 aliphatic carbocycles. The Bertz CT molecular complexity index is 572. The summed E-state index contributed by atoms with van der Waals surface area (Å²) in [7, 11) is 0. The number of hydrogen-bond acceptors (Lipinski definition) is 3. The van der Waals surface area contributed by atoms with E-state index in [1.807, 2.05) is 0 Å². The molecule has 1 aliphatic rings. The van der Waals surface area contributed by atoms with E-state index in [2.05, 4.69) is 30.1 Å². The van der Waals surface area contributed by atoms with E-state index >= 15 is 0 Å². The van der Waals surface area contributed by atoms with Crippen LogP contribution in [0.25, 0.3) is 11.3 Å². The molecule has 18 heavy (non-hydrogen) atoms. The summed E-state index contributed by atoms with van der Waals surface area (Å²) in [5.41, 5.74) is 11.2. The number of anilines is 1. The van der Waals surface area contributed by atoms with Crippen LogP contribution in [0.15, 0.2) is 18.2 Å². The first-order valence-electron chi connectivity index (χ1n) is 6.65. The highest BCUT2D eigenvalue weighted by Gasteiger charge is 2.14. The highest BCUT2D eigenvalue weighted by molar-refractivity contribution is 7.15. The van der Waals surface area contributed by atoms with Crippen molar-refractivity contribution in [3.8, 4) is 11.3 Å². The number of benzene rings is 1. The van der Waals surface area contributed by atoms with Crippen LogP contribution in [0.3, 0.4) is 0 Å². The number of nitrogens with two attached hydrogens (primary N) is 1. The van der Waals surface area contributed by atoms with Crippen molar-refractivity contribution >= 4 is 16.5 Å². The van der Waals surface area contributed by atoms with Crippen molar-refractivity contribution in [2.45, 2.75) is 39.0 Å². The molecule has 3 rings (SSSR count). The van der Waals surface area contributed by atoms with Gasteiger partial charge in [0.25, 0.3) is 0 Å². The van der Waals surface area contributed by atoms with Crippen LogP contribution in [0.4, 0.5) is 5.13 Å². The van der Waals surface area contributed by atoms with Crippen molar-refractivity contribution in [1.82, 2.24) is 4.98 Å². The topological polar surface area (TPSA) is 38.9 Å². The minimum atomic E-state index is 0.680. The molecule has 2 N–H and O–H groups in total. The molecule has 1 heterocycles. The lowest BCUT2D eigenvalue weighted by Crippen LogP contribution is -2.02. The number of thiazole rings is 1. The smallest absolute Gasteiger partial charge is 0.180 e. The normalized spacial score (nSPS) is 14.5. The first kappa shape index (κ1) is 11.7. The summed E-state index contributed by atoms with van der Waals surface area (Å²) in [6, 6.07) is 6.80. The third-order valence-electron chi connectivity index (χ3n) is 3.66. The van der Waals surface area contributed by atoms with Crippen molar-refractivity contribution < 1.29 is 0 Å². The Labute approximate surface area is 112 Å². The predicted molar refractivity (Wildman–Crippen MR) is 78.0 cm³/mol. The third kappa shape index (κ3) is 2.03. The van der Waals surface area contributed by atoms with Crippen molar-refractivity contribution in [2.75, 3.05) is 5.73 Å². The fourth-order valence-corrected chi connectivity index (χ4v) is 3.51. The Morgan fingerprint density at radius 1 is 1.22 bits per heavy atom. The zero-order valence-corrected chi connectivity index (χ0v) is 11.5. The molecule has 3 heteroatoms. The summed E-state index contributed by atoms with van der Waals surface area (Å²) < 4.78 is 0. The van der Waals surface area contributed by atoms with Gasteiger partial charge in [-0.3, -0.25) is 0 Å². The van der Waals surface area contributed by atoms with Crippen LogP contribution in [-0.4, -0.2) is 4.98 Å². The van der Waals surface area contributed by atoms with Gasteiger partial charge in [-0.2, -0.15) is 0 Å². The standard InChI is InChI=1S/C15H18N2S/c1-2-13-14(17-15(16)18-13)12-8-7-10-5-3-4-6-11(10)9-12/h7-9H,2-6H2,1H3,(H2,16,17). The molecule has 1 aromatic heterocycles. The minimum Gasteiger partial charge on any atom is -0.375 e. The van der Waals surface area contributed by atoms with Gasteiger partial charge in [0.1, 0.15) is 0 Å². The summed E-state index contributed by atoms with van der Waals surface area (Å²) in [6.07, 6.45) is 6.09. The van der Waals surface area contributed by atoms with Gasteiger partial charge < -0.3 is 5.73 Å². The molecule has 2 aromatic rings. The number of hydrogen-bond donors (Lipinski definition) is 1. The second-order valence-electron chi connectivity index (χ2n) is 4.87. The highest BCUT2D eigenvalue weighted by atomic mass is 32.1. The zero-order chi connectivity index (χ0) is 12.5. The minimum absolute atomic E-state index is 0.680. The summed E-state index contributed by atoms with van der Waals surface area (Å²) >= 11 is 1.61. The quantitative estimate of drug-likeness (QED) is 0.889. The van der Waals surface area contributed by atoms with Crippen LogP contribution in [0, 0.1) is 0 Å². The fraction of sp³-hybridized carbons (Fsp3) is 0.400. The maximum Gasteiger partial charge on any atom is 0.180 e. The van der Waals surface area contributed by atoms with Gasteiger partial charge in [0.2, 0.25) is 0 Å². The zero-order valence-electron chi connectivity index (χ0n) is 10.7. The van der Waals surface area contributed by atoms with E-state index < -0.39 is 0 Å². The molecule has 0 saturated heterocycles. The average molecular weight is 258 g/mol. The molecular formula is C15H18N2S. The Kier molecular flexibility index (Phi) is 3.08. The van der Waals surface area contributed by atoms with E-state index in [0.717, 1.165) is 12.1 Å². The van der Waals surface area contributed by atoms with Crippen LogP contribution in [0.2, 0.25) is 0 Å². The highest BCUT2D eigenvalue weighted by Crippen LogP contribution is 2.32. The lowest BCUT2D eigenvalue weighted by Gasteiger charge is -2.16. The Morgan fingerprint density at radius 3 is 2.78 bits per heavy atom. The van der Waals surface area contributed by atoms with Crippen molar-refractivity contribution in [1.29, 1.82) is 0 Å². The maximum atomic E-state index is 5.84. The molecule has 2 nitrogen and oxygen atoms in total. The Morgan fingerprint density at radius 2 is 2.00 bits per heavy atom. The van der Waals surface area contributed by atoms with E-state index in [1.54, 1.807) is 11.3 Å². The third-order valence-corrected chi connectivity index (χ3v) is 4.69. The molecule has 1 aromatic carbocycles. The van der Waals surface area contributed by atoms with E-state index in [0.29, 0.717) is 5.13 Å². The number of nitrogens with zero attached hydrogens (tertiary/aromatic N) is 1. The first-order chi connectivity index (χ1) is 8.78. The number of aromatic nitrogens is 1. The molecule has 0 unspecified atom stereocenters. The van der Waals surface area contributed by atoms with Crippen LogP contribution < -0.4 is 5.73 Å². The van der Waals surface area contributed by atoms with E-state index in [4.69, 9.17) is 5.73 Å². The predicted octanol–water partition coefficient (Wildman–Crippen LogP) is 3.83. The molecule has 0 amide bonds. The number of rotatable bonds is 2. The molecule has 0 spiro atoms. The van der Waals surface area contributed by atoms with Gasteiger partial charge in [0.05, 0.1) is 5.69 Å². The largest absolute Gasteiger partial charge is 0.375 e. The number of nitrogen functional groups attached to an aromatic ring is 1. The maximum absolute atomic E-state index is 5.84. The SMILES string of the molecule is CCc1sc(N)nc1-c1ccc2c(c1)CCCC2. The van der Waals surface area contributed by atoms with Gasteiger partial charge in [-0.05, 0) is 49.3 Å². The number of fused-ring (bicyclic) bond motifs is 1. The molecule has 0 saturated carbocycles. The summed E-state index contributed by atoms with van der Waals surface area (Å²) in [4.78, 5) is 5.79. The molecule has 0 radical (unpaired) electrons. The molecule has 0 fully saturated rings. The van der Waals surface area contributed by atoms with E-state index in [9.17, 15) is 0 Å². The van der Waals surface area contributed by atoms with Gasteiger partial charge in [-0.15, -0.1) is 11.3 Å². The lowest BCUT2D eigenvalue weighted by molar-refractivity contribution is 0.686. The van der Waals surface area contributed by atoms with Gasteiger partial charge in [-0.25, -0.2) is 4.98 Å². The second-order valence-corrected chi connectivity index (χ2v) is 5.98. The summed E-state index contributed by atoms with van der Waals surface area (Å²) in [6.45, 7) is 2.16. The van der Waals surface area contributed by atoms with Gasteiger partial charge in [0, 0.05) is 10.4 Å². The van der Waals surface area contributed by atoms with Crippen LogP contribution in [0.1, 0.15) is 35.8 Å². The molecule has 94 valence electrons. The summed E-state index contributed by atoms with van der Waals surface area (Å²) in [5.74, 6) is 0. The van der Waals surface area contributed by atoms with Crippen LogP contribution in [-0.2, 0) is 19.3 Å². The lowest BCUT2D eigenvalue weighted by atomic mass is 9.90. The van der Waals surface area contributed by atoms with Crippen LogP contribution >= 0.6 is 11.3 Å². The molecule has 0 bridgehead atoms. The number of aryl methyl sites for hydroxylation is 3. The van der Waals surface area contributed by atoms with Crippen molar-refractivity contribution in [2.24, 2.45) is 0 Å². The van der Waals surface area contributed by atoms with Gasteiger partial charge in [-0.1, -0.05) is 19.1 Å². The van der Waals surface area contributed by atoms with Gasteiger partial charge in [0.15, 0.2) is 5.13 Å². The van der Waals surface area contributed by atoms with Crippen molar-refractivity contribution in [3.05, 3.63) is 34.2 Å². The van der Waals surface area contributed by atoms with E-state index in [-0.39, 0.29) is 0 Å². The first-order valence-corrected chi connectivity index (χ1v) is 7.47. The molecule has 0 atom stereocenters. The van der Waals surface area contributed by atoms with Gasteiger partial charge >= 0.3 is 0 Å².